The first kappa shape index (κ1) is 13.1. The van der Waals surface area contributed by atoms with Crippen LogP contribution in [0.15, 0.2) is 12.4 Å². The maximum atomic E-state index is 4.28. The number of aromatic nitrogens is 2. The summed E-state index contributed by atoms with van der Waals surface area (Å²) >= 11 is 0. The van der Waals surface area contributed by atoms with Crippen LogP contribution < -0.4 is 0 Å². The van der Waals surface area contributed by atoms with Crippen molar-refractivity contribution in [2.24, 2.45) is 0 Å². The van der Waals surface area contributed by atoms with E-state index in [2.05, 4.69) is 42.8 Å². The topological polar surface area (TPSA) is 29.0 Å². The van der Waals surface area contributed by atoms with Gasteiger partial charge in [-0.05, 0) is 52.3 Å². The Bertz CT molecular complexity index is 305. The van der Waals surface area contributed by atoms with Crippen molar-refractivity contribution >= 4 is 0 Å². The molecule has 0 aromatic carbocycles. The maximum Gasteiger partial charge on any atom is 0.125 e. The largest absolute Gasteiger partial charge is 0.307 e. The zero-order valence-corrected chi connectivity index (χ0v) is 11.1. The summed E-state index contributed by atoms with van der Waals surface area (Å²) in [5, 5.41) is 0. The van der Waals surface area contributed by atoms with E-state index in [0.29, 0.717) is 12.0 Å². The number of aryl methyl sites for hydroxylation is 1. The lowest BCUT2D eigenvalue weighted by Gasteiger charge is -2.24. The van der Waals surface area contributed by atoms with Crippen LogP contribution in [0.2, 0.25) is 0 Å². The molecular formula is C13H23N3. The summed E-state index contributed by atoms with van der Waals surface area (Å²) in [5.74, 6) is 1.41. The highest BCUT2D eigenvalue weighted by Crippen LogP contribution is 2.24. The molecule has 0 aliphatic carbocycles. The molecule has 0 fully saturated rings. The second-order valence-electron chi connectivity index (χ2n) is 4.72. The SMILES string of the molecule is CC[C@H](C[C@H](C)N(C)C)c1cnc(C)nc1. The van der Waals surface area contributed by atoms with Gasteiger partial charge in [-0.2, -0.15) is 0 Å². The normalized spacial score (nSPS) is 15.1. The predicted octanol–water partition coefficient (Wildman–Crippen LogP) is 2.62. The zero-order valence-electron chi connectivity index (χ0n) is 11.1. The molecule has 0 bridgehead atoms. The van der Waals surface area contributed by atoms with Crippen LogP contribution in [0.5, 0.6) is 0 Å². The van der Waals surface area contributed by atoms with E-state index in [0.717, 1.165) is 18.7 Å². The molecule has 0 aliphatic heterocycles. The molecule has 0 amide bonds. The first-order valence-electron chi connectivity index (χ1n) is 5.99. The van der Waals surface area contributed by atoms with Crippen molar-refractivity contribution in [1.29, 1.82) is 0 Å². The second kappa shape index (κ2) is 5.94. The lowest BCUT2D eigenvalue weighted by atomic mass is 9.92. The predicted molar refractivity (Wildman–Crippen MR) is 67.6 cm³/mol. The molecule has 0 saturated heterocycles. The van der Waals surface area contributed by atoms with Gasteiger partial charge in [-0.1, -0.05) is 6.92 Å². The summed E-state index contributed by atoms with van der Waals surface area (Å²) in [7, 11) is 4.26. The van der Waals surface area contributed by atoms with Gasteiger partial charge in [-0.25, -0.2) is 9.97 Å². The first-order chi connectivity index (χ1) is 7.54. The van der Waals surface area contributed by atoms with Gasteiger partial charge in [0.05, 0.1) is 0 Å². The number of hydrogen-bond donors (Lipinski definition) is 0. The van der Waals surface area contributed by atoms with Gasteiger partial charge in [0.25, 0.3) is 0 Å². The van der Waals surface area contributed by atoms with Gasteiger partial charge in [0.2, 0.25) is 0 Å². The Balaban J connectivity index is 2.70. The third-order valence-corrected chi connectivity index (χ3v) is 3.27. The first-order valence-corrected chi connectivity index (χ1v) is 5.99. The van der Waals surface area contributed by atoms with Crippen LogP contribution in [0.25, 0.3) is 0 Å². The molecule has 1 rings (SSSR count). The Morgan fingerprint density at radius 1 is 1.25 bits per heavy atom. The van der Waals surface area contributed by atoms with Crippen LogP contribution in [0.3, 0.4) is 0 Å². The fraction of sp³-hybridized carbons (Fsp3) is 0.692. The molecule has 0 aliphatic rings. The second-order valence-corrected chi connectivity index (χ2v) is 4.72. The van der Waals surface area contributed by atoms with Crippen molar-refractivity contribution in [3.8, 4) is 0 Å². The van der Waals surface area contributed by atoms with Crippen LogP contribution in [0.4, 0.5) is 0 Å². The van der Waals surface area contributed by atoms with Crippen molar-refractivity contribution in [1.82, 2.24) is 14.9 Å². The molecule has 0 N–H and O–H groups in total. The van der Waals surface area contributed by atoms with Crippen LogP contribution >= 0.6 is 0 Å². The molecule has 0 radical (unpaired) electrons. The van der Waals surface area contributed by atoms with E-state index < -0.39 is 0 Å². The molecule has 1 aromatic rings. The monoisotopic (exact) mass is 221 g/mol. The molecule has 3 nitrogen and oxygen atoms in total. The van der Waals surface area contributed by atoms with Gasteiger partial charge in [0.15, 0.2) is 0 Å². The van der Waals surface area contributed by atoms with Crippen molar-refractivity contribution in [2.75, 3.05) is 14.1 Å². The van der Waals surface area contributed by atoms with Gasteiger partial charge in [-0.3, -0.25) is 0 Å². The molecule has 3 heteroatoms. The summed E-state index contributed by atoms with van der Waals surface area (Å²) < 4.78 is 0. The van der Waals surface area contributed by atoms with Crippen molar-refractivity contribution < 1.29 is 0 Å². The van der Waals surface area contributed by atoms with E-state index in [1.165, 1.54) is 5.56 Å². The minimum absolute atomic E-state index is 0.568. The van der Waals surface area contributed by atoms with Crippen LogP contribution in [0.1, 0.15) is 44.0 Å². The summed E-state index contributed by atoms with van der Waals surface area (Å²) in [5.41, 5.74) is 1.27. The van der Waals surface area contributed by atoms with E-state index >= 15 is 0 Å². The average Bonchev–Trinajstić information content (AvgIpc) is 2.26. The Labute approximate surface area is 98.9 Å². The highest BCUT2D eigenvalue weighted by molar-refractivity contribution is 5.11. The van der Waals surface area contributed by atoms with Gasteiger partial charge in [0.1, 0.15) is 5.82 Å². The van der Waals surface area contributed by atoms with Crippen molar-refractivity contribution in [3.05, 3.63) is 23.8 Å². The third-order valence-electron chi connectivity index (χ3n) is 3.27. The van der Waals surface area contributed by atoms with E-state index in [1.54, 1.807) is 0 Å². The summed E-state index contributed by atoms with van der Waals surface area (Å²) in [6.07, 6.45) is 6.25. The van der Waals surface area contributed by atoms with Crippen molar-refractivity contribution in [3.63, 3.8) is 0 Å². The van der Waals surface area contributed by atoms with Crippen LogP contribution in [-0.2, 0) is 0 Å². The Morgan fingerprint density at radius 2 is 1.81 bits per heavy atom. The van der Waals surface area contributed by atoms with Crippen molar-refractivity contribution in [2.45, 2.75) is 45.6 Å². The molecule has 0 unspecified atom stereocenters. The van der Waals surface area contributed by atoms with E-state index in [1.807, 2.05) is 19.3 Å². The number of nitrogens with zero attached hydrogens (tertiary/aromatic N) is 3. The molecular weight excluding hydrogens is 198 g/mol. The molecule has 1 heterocycles. The highest BCUT2D eigenvalue weighted by Gasteiger charge is 2.15. The van der Waals surface area contributed by atoms with Gasteiger partial charge < -0.3 is 4.90 Å². The Morgan fingerprint density at radius 3 is 2.25 bits per heavy atom. The minimum atomic E-state index is 0.568. The molecule has 16 heavy (non-hydrogen) atoms. The number of rotatable bonds is 5. The Kier molecular flexibility index (Phi) is 4.87. The van der Waals surface area contributed by atoms with Gasteiger partial charge >= 0.3 is 0 Å². The maximum absolute atomic E-state index is 4.28. The van der Waals surface area contributed by atoms with Crippen LogP contribution in [0, 0.1) is 6.92 Å². The fourth-order valence-corrected chi connectivity index (χ4v) is 1.77. The number of hydrogen-bond acceptors (Lipinski definition) is 3. The van der Waals surface area contributed by atoms with Gasteiger partial charge in [0, 0.05) is 18.4 Å². The smallest absolute Gasteiger partial charge is 0.125 e. The van der Waals surface area contributed by atoms with E-state index in [4.69, 9.17) is 0 Å². The lowest BCUT2D eigenvalue weighted by Crippen LogP contribution is -2.26. The summed E-state index contributed by atoms with van der Waals surface area (Å²) in [4.78, 5) is 10.8. The minimum Gasteiger partial charge on any atom is -0.307 e. The summed E-state index contributed by atoms with van der Waals surface area (Å²) in [6.45, 7) is 6.41. The Hall–Kier alpha value is -0.960. The highest BCUT2D eigenvalue weighted by atomic mass is 15.1. The van der Waals surface area contributed by atoms with E-state index in [9.17, 15) is 0 Å². The molecule has 1 aromatic heterocycles. The standard InChI is InChI=1S/C13H23N3/c1-6-12(7-10(2)16(4)5)13-8-14-11(3)15-9-13/h8-10,12H,6-7H2,1-5H3/t10-,12+/m0/s1. The zero-order chi connectivity index (χ0) is 12.1. The molecule has 0 saturated carbocycles. The fourth-order valence-electron chi connectivity index (χ4n) is 1.77. The molecule has 90 valence electrons. The summed E-state index contributed by atoms with van der Waals surface area (Å²) in [6, 6.07) is 0.589. The molecule has 2 atom stereocenters. The van der Waals surface area contributed by atoms with E-state index in [-0.39, 0.29) is 0 Å². The third kappa shape index (κ3) is 3.56. The average molecular weight is 221 g/mol. The molecule has 0 spiro atoms. The van der Waals surface area contributed by atoms with Gasteiger partial charge in [-0.15, -0.1) is 0 Å². The quantitative estimate of drug-likeness (QED) is 0.765. The van der Waals surface area contributed by atoms with Crippen LogP contribution in [-0.4, -0.2) is 35.0 Å². The lowest BCUT2D eigenvalue weighted by molar-refractivity contribution is 0.281.